The number of rotatable bonds is 7. The van der Waals surface area contributed by atoms with Gasteiger partial charge in [0.05, 0.1) is 0 Å². The largest absolute Gasteiger partial charge is 0.0776 e. The second kappa shape index (κ2) is 71.4. The lowest BCUT2D eigenvalue weighted by Crippen LogP contribution is -2.47. The topological polar surface area (TPSA) is 0 Å². The molecule has 0 fully saturated rings. The maximum absolute atomic E-state index is 2.51. The van der Waals surface area contributed by atoms with E-state index in [1.54, 1.807) is 0 Å². The molecule has 0 amide bonds. The van der Waals surface area contributed by atoms with Crippen LogP contribution in [-0.2, 0) is 0 Å². The van der Waals surface area contributed by atoms with E-state index in [1.165, 1.54) is 19.3 Å². The van der Waals surface area contributed by atoms with Gasteiger partial charge in [-0.05, 0) is 40.9 Å². The van der Waals surface area contributed by atoms with Gasteiger partial charge < -0.3 is 0 Å². The lowest BCUT2D eigenvalue weighted by molar-refractivity contribution is -0.0452. The predicted molar refractivity (Wildman–Crippen MR) is 207 cm³/mol. The molecule has 0 aliphatic heterocycles. The fraction of sp³-hybridized carbons (Fsp3) is 1.00. The lowest BCUT2D eigenvalue weighted by Gasteiger charge is -2.53. The molecule has 3 atom stereocenters. The second-order valence-electron chi connectivity index (χ2n) is 8.91. The first kappa shape index (κ1) is 83.3. The molecular weight excluding hydrogens is 468 g/mol. The highest BCUT2D eigenvalue weighted by molar-refractivity contribution is 4.94. The van der Waals surface area contributed by atoms with Crippen molar-refractivity contribution in [3.05, 3.63) is 0 Å². The minimum Gasteiger partial charge on any atom is -0.0776 e. The average Bonchev–Trinajstić information content (AvgIpc) is 2.85. The van der Waals surface area contributed by atoms with E-state index < -0.39 is 0 Å². The monoisotopic (exact) mass is 573 g/mol. The Morgan fingerprint density at radius 2 is 0.538 bits per heavy atom. The summed E-state index contributed by atoms with van der Waals surface area (Å²) < 4.78 is 0. The Hall–Kier alpha value is 0. The Bertz CT molecular complexity index is 225. The van der Waals surface area contributed by atoms with Crippen molar-refractivity contribution in [3.8, 4) is 0 Å². The summed E-state index contributed by atoms with van der Waals surface area (Å²) in [5.41, 5.74) is 0.461. The highest BCUT2D eigenvalue weighted by Gasteiger charge is 2.46. The van der Waals surface area contributed by atoms with Crippen LogP contribution < -0.4 is 0 Å². The summed E-state index contributed by atoms with van der Waals surface area (Å²) in [4.78, 5) is 0. The van der Waals surface area contributed by atoms with Crippen LogP contribution in [0.3, 0.4) is 0 Å². The number of hydrogen-bond donors (Lipinski definition) is 0. The molecule has 0 aromatic carbocycles. The van der Waals surface area contributed by atoms with Gasteiger partial charge in [-0.2, -0.15) is 0 Å². The summed E-state index contributed by atoms with van der Waals surface area (Å²) in [5, 5.41) is 0. The molecule has 0 aromatic heterocycles. The highest BCUT2D eigenvalue weighted by atomic mass is 14.5. The van der Waals surface area contributed by atoms with E-state index in [0.29, 0.717) is 5.41 Å². The van der Waals surface area contributed by atoms with Crippen molar-refractivity contribution in [2.75, 3.05) is 0 Å². The summed E-state index contributed by atoms with van der Waals surface area (Å²) in [6, 6.07) is 0. The Morgan fingerprint density at radius 3 is 0.641 bits per heavy atom. The van der Waals surface area contributed by atoms with Crippen LogP contribution in [0, 0.1) is 40.9 Å². The Labute approximate surface area is 263 Å². The third-order valence-corrected chi connectivity index (χ3v) is 6.12. The van der Waals surface area contributed by atoms with Gasteiger partial charge in [0.15, 0.2) is 0 Å². The van der Waals surface area contributed by atoms with Gasteiger partial charge >= 0.3 is 0 Å². The second-order valence-corrected chi connectivity index (χ2v) is 8.91. The van der Waals surface area contributed by atoms with Gasteiger partial charge in [0.2, 0.25) is 0 Å². The summed E-state index contributed by atoms with van der Waals surface area (Å²) in [7, 11) is 0. The van der Waals surface area contributed by atoms with Crippen molar-refractivity contribution in [2.24, 2.45) is 40.9 Å². The molecule has 0 nitrogen and oxygen atoms in total. The van der Waals surface area contributed by atoms with Crippen LogP contribution in [-0.4, -0.2) is 0 Å². The molecule has 0 rings (SSSR count). The van der Waals surface area contributed by atoms with E-state index in [0.717, 1.165) is 35.5 Å². The van der Waals surface area contributed by atoms with E-state index in [9.17, 15) is 0 Å². The molecule has 0 aliphatic carbocycles. The Kier molecular flexibility index (Phi) is 152. The van der Waals surface area contributed by atoms with Gasteiger partial charge in [0, 0.05) is 0 Å². The van der Waals surface area contributed by atoms with E-state index in [4.69, 9.17) is 0 Å². The molecular formula is C39H104. The Morgan fingerprint density at radius 1 is 0.385 bits per heavy atom. The maximum atomic E-state index is 2.51. The van der Waals surface area contributed by atoms with Crippen molar-refractivity contribution in [2.45, 2.75) is 223 Å². The van der Waals surface area contributed by atoms with Crippen LogP contribution in [0.5, 0.6) is 0 Å². The first-order valence-corrected chi connectivity index (χ1v) is 16.0. The molecule has 0 radical (unpaired) electrons. The standard InChI is InChI=1S/C18H38.2C3H8.5C2H6.5CH4/c1-11-15(8)16(9)17(10)18(12(2)3,13(4)5)14(6)7;2*1-3-2;5*1-2;;;;;/h12-17H,11H2,1-10H3;2*3H2,1-2H3;5*1-2H3;5*1H4/t15-,16-,17-;;;;;;;;;;;;/m0............/s1. The van der Waals surface area contributed by atoms with Crippen molar-refractivity contribution in [1.82, 2.24) is 0 Å². The van der Waals surface area contributed by atoms with E-state index >= 15 is 0 Å². The summed E-state index contributed by atoms with van der Waals surface area (Å²) >= 11 is 0. The third kappa shape index (κ3) is 42.6. The molecule has 0 aromatic rings. The van der Waals surface area contributed by atoms with Gasteiger partial charge in [-0.1, -0.05) is 223 Å². The van der Waals surface area contributed by atoms with Gasteiger partial charge in [-0.25, -0.2) is 0 Å². The van der Waals surface area contributed by atoms with Crippen molar-refractivity contribution < 1.29 is 0 Å². The zero-order valence-electron chi connectivity index (χ0n) is 30.1. The fourth-order valence-corrected chi connectivity index (χ4v) is 4.90. The molecule has 0 saturated heterocycles. The zero-order chi connectivity index (χ0) is 30.1. The fourth-order valence-electron chi connectivity index (χ4n) is 4.90. The lowest BCUT2D eigenvalue weighted by atomic mass is 9.52. The molecule has 39 heavy (non-hydrogen) atoms. The van der Waals surface area contributed by atoms with Crippen molar-refractivity contribution in [1.29, 1.82) is 0 Å². The molecule has 0 N–H and O–H groups in total. The average molecular weight is 573 g/mol. The van der Waals surface area contributed by atoms with Gasteiger partial charge in [0.25, 0.3) is 0 Å². The maximum Gasteiger partial charge on any atom is -0.0200 e. The zero-order valence-corrected chi connectivity index (χ0v) is 30.1. The minimum atomic E-state index is 0. The molecule has 0 bridgehead atoms. The van der Waals surface area contributed by atoms with E-state index in [-0.39, 0.29) is 37.1 Å². The summed E-state index contributed by atoms with van der Waals surface area (Å²) in [6.45, 7) is 52.8. The van der Waals surface area contributed by atoms with E-state index in [1.807, 2.05) is 69.2 Å². The van der Waals surface area contributed by atoms with Crippen LogP contribution in [0.25, 0.3) is 0 Å². The SMILES string of the molecule is C.C.C.C.C.CC.CC.CC.CC.CC.CCC.CCC.CC[C@H](C)[C@H](C)[C@H](C)C(C(C)C)(C(C)C)C(C)C. The Balaban J connectivity index is -0.0000000250. The van der Waals surface area contributed by atoms with E-state index in [2.05, 4.69) is 96.9 Å². The molecule has 0 unspecified atom stereocenters. The van der Waals surface area contributed by atoms with Crippen LogP contribution in [0.4, 0.5) is 0 Å². The molecule has 0 saturated carbocycles. The van der Waals surface area contributed by atoms with Gasteiger partial charge in [-0.15, -0.1) is 0 Å². The smallest absolute Gasteiger partial charge is 0.0200 e. The molecule has 260 valence electrons. The minimum absolute atomic E-state index is 0. The first-order chi connectivity index (χ1) is 16.0. The first-order valence-electron chi connectivity index (χ1n) is 16.0. The molecule has 0 aliphatic rings. The van der Waals surface area contributed by atoms with Crippen molar-refractivity contribution >= 4 is 0 Å². The normalized spacial score (nSPS) is 10.2. The molecule has 0 spiro atoms. The molecule has 0 heteroatoms. The van der Waals surface area contributed by atoms with Gasteiger partial charge in [-0.3, -0.25) is 0 Å². The van der Waals surface area contributed by atoms with Crippen LogP contribution >= 0.6 is 0 Å². The quantitative estimate of drug-likeness (QED) is 0.284. The molecule has 0 heterocycles. The predicted octanol–water partition coefficient (Wildman–Crippen LogP) is 17.4. The van der Waals surface area contributed by atoms with Gasteiger partial charge in [0.1, 0.15) is 0 Å². The highest BCUT2D eigenvalue weighted by Crippen LogP contribution is 2.52. The summed E-state index contributed by atoms with van der Waals surface area (Å²) in [5.74, 6) is 4.67. The van der Waals surface area contributed by atoms with Crippen LogP contribution in [0.15, 0.2) is 0 Å². The third-order valence-electron chi connectivity index (χ3n) is 6.12. The summed E-state index contributed by atoms with van der Waals surface area (Å²) in [6.07, 6.45) is 3.80. The van der Waals surface area contributed by atoms with Crippen molar-refractivity contribution in [3.63, 3.8) is 0 Å². The number of hydrogen-bond acceptors (Lipinski definition) is 0. The van der Waals surface area contributed by atoms with Crippen LogP contribution in [0.2, 0.25) is 0 Å². The van der Waals surface area contributed by atoms with Crippen LogP contribution in [0.1, 0.15) is 223 Å².